The number of rotatable bonds is 7. The molecule has 156 valence electrons. The van der Waals surface area contributed by atoms with Gasteiger partial charge in [0.15, 0.2) is 5.82 Å². The van der Waals surface area contributed by atoms with Crippen LogP contribution in [0.1, 0.15) is 45.6 Å². The third-order valence-corrected chi connectivity index (χ3v) is 4.20. The number of hydrogen-bond donors (Lipinski definition) is 1. The van der Waals surface area contributed by atoms with Crippen molar-refractivity contribution in [1.82, 2.24) is 14.9 Å². The Morgan fingerprint density at radius 2 is 1.90 bits per heavy atom. The van der Waals surface area contributed by atoms with Crippen LogP contribution < -0.4 is 4.74 Å². The first-order chi connectivity index (χ1) is 13.5. The molecule has 1 N–H and O–H groups in total. The highest BCUT2D eigenvalue weighted by Crippen LogP contribution is 2.16. The normalized spacial score (nSPS) is 12.2. The maximum Gasteiger partial charge on any atom is 0.410 e. The lowest BCUT2D eigenvalue weighted by Crippen LogP contribution is -2.40. The number of aromatic nitrogens is 2. The SMILES string of the molecule is C[C@H](CC(=N)c1cc(Cl)nc(COc2ccccc2)n1)N(C)C(=O)OC(C)(C)C. The Kier molecular flexibility index (Phi) is 7.56. The van der Waals surface area contributed by atoms with E-state index in [4.69, 9.17) is 26.5 Å². The zero-order chi connectivity index (χ0) is 21.6. The fraction of sp³-hybridized carbons (Fsp3) is 0.429. The van der Waals surface area contributed by atoms with Crippen molar-refractivity contribution in [3.05, 3.63) is 53.1 Å². The molecule has 1 atom stereocenters. The van der Waals surface area contributed by atoms with Gasteiger partial charge in [-0.05, 0) is 39.8 Å². The Balaban J connectivity index is 2.02. The van der Waals surface area contributed by atoms with Gasteiger partial charge in [-0.25, -0.2) is 14.8 Å². The van der Waals surface area contributed by atoms with Gasteiger partial charge in [0.25, 0.3) is 0 Å². The van der Waals surface area contributed by atoms with Crippen molar-refractivity contribution in [2.75, 3.05) is 7.05 Å². The highest BCUT2D eigenvalue weighted by molar-refractivity contribution is 6.29. The predicted octanol–water partition coefficient (Wildman–Crippen LogP) is 4.72. The molecule has 8 heteroatoms. The van der Waals surface area contributed by atoms with Crippen LogP contribution in [0.4, 0.5) is 4.79 Å². The largest absolute Gasteiger partial charge is 0.486 e. The molecule has 29 heavy (non-hydrogen) atoms. The summed E-state index contributed by atoms with van der Waals surface area (Å²) in [6, 6.07) is 10.6. The lowest BCUT2D eigenvalue weighted by Gasteiger charge is -2.28. The number of benzene rings is 1. The molecule has 0 spiro atoms. The van der Waals surface area contributed by atoms with Crippen LogP contribution in [0.15, 0.2) is 36.4 Å². The summed E-state index contributed by atoms with van der Waals surface area (Å²) in [7, 11) is 1.65. The van der Waals surface area contributed by atoms with E-state index in [-0.39, 0.29) is 23.5 Å². The van der Waals surface area contributed by atoms with E-state index in [1.54, 1.807) is 7.05 Å². The highest BCUT2D eigenvalue weighted by Gasteiger charge is 2.24. The first-order valence-electron chi connectivity index (χ1n) is 9.30. The fourth-order valence-electron chi connectivity index (χ4n) is 2.40. The number of ether oxygens (including phenoxy) is 2. The first-order valence-corrected chi connectivity index (χ1v) is 9.68. The van der Waals surface area contributed by atoms with Crippen molar-refractivity contribution in [3.8, 4) is 5.75 Å². The molecule has 0 bridgehead atoms. The van der Waals surface area contributed by atoms with Crippen molar-refractivity contribution >= 4 is 23.4 Å². The van der Waals surface area contributed by atoms with Crippen LogP contribution in [-0.4, -0.2) is 45.4 Å². The molecule has 1 aromatic heterocycles. The second-order valence-corrected chi connectivity index (χ2v) is 8.10. The molecule has 0 unspecified atom stereocenters. The summed E-state index contributed by atoms with van der Waals surface area (Å²) < 4.78 is 11.0. The molecule has 7 nitrogen and oxygen atoms in total. The number of nitrogens with zero attached hydrogens (tertiary/aromatic N) is 3. The smallest absolute Gasteiger partial charge is 0.410 e. The van der Waals surface area contributed by atoms with Crippen molar-refractivity contribution in [2.45, 2.75) is 52.4 Å². The monoisotopic (exact) mass is 418 g/mol. The lowest BCUT2D eigenvalue weighted by molar-refractivity contribution is 0.0241. The second-order valence-electron chi connectivity index (χ2n) is 7.72. The molecule has 0 saturated heterocycles. The van der Waals surface area contributed by atoms with Gasteiger partial charge >= 0.3 is 6.09 Å². The molecule has 0 aliphatic rings. The molecule has 2 rings (SSSR count). The minimum Gasteiger partial charge on any atom is -0.486 e. The molecule has 0 aliphatic carbocycles. The van der Waals surface area contributed by atoms with E-state index in [1.807, 2.05) is 58.0 Å². The zero-order valence-corrected chi connectivity index (χ0v) is 18.2. The summed E-state index contributed by atoms with van der Waals surface area (Å²) >= 11 is 6.11. The van der Waals surface area contributed by atoms with Gasteiger partial charge in [-0.15, -0.1) is 0 Å². The summed E-state index contributed by atoms with van der Waals surface area (Å²) in [5.74, 6) is 1.08. The van der Waals surface area contributed by atoms with Gasteiger partial charge in [-0.3, -0.25) is 0 Å². The summed E-state index contributed by atoms with van der Waals surface area (Å²) in [5.41, 5.74) is 0.0751. The van der Waals surface area contributed by atoms with E-state index in [9.17, 15) is 4.79 Å². The number of hydrogen-bond acceptors (Lipinski definition) is 6. The van der Waals surface area contributed by atoms with E-state index in [2.05, 4.69) is 9.97 Å². The van der Waals surface area contributed by atoms with Gasteiger partial charge in [-0.2, -0.15) is 0 Å². The quantitative estimate of drug-likeness (QED) is 0.519. The van der Waals surface area contributed by atoms with Crippen molar-refractivity contribution in [2.24, 2.45) is 0 Å². The molecule has 0 radical (unpaired) electrons. The zero-order valence-electron chi connectivity index (χ0n) is 17.4. The Morgan fingerprint density at radius 3 is 2.52 bits per heavy atom. The van der Waals surface area contributed by atoms with Crippen LogP contribution in [0.2, 0.25) is 5.15 Å². The number of carbonyl (C=O) groups excluding carboxylic acids is 1. The Morgan fingerprint density at radius 1 is 1.24 bits per heavy atom. The molecule has 0 saturated carbocycles. The average Bonchev–Trinajstić information content (AvgIpc) is 2.64. The number of carbonyl (C=O) groups is 1. The van der Waals surface area contributed by atoms with Gasteiger partial charge < -0.3 is 19.8 Å². The van der Waals surface area contributed by atoms with Gasteiger partial charge in [-0.1, -0.05) is 29.8 Å². The predicted molar refractivity (Wildman–Crippen MR) is 113 cm³/mol. The number of nitrogens with one attached hydrogen (secondary N) is 1. The van der Waals surface area contributed by atoms with Crippen LogP contribution in [0.3, 0.4) is 0 Å². The second kappa shape index (κ2) is 9.69. The van der Waals surface area contributed by atoms with Crippen LogP contribution in [0, 0.1) is 5.41 Å². The van der Waals surface area contributed by atoms with E-state index in [0.717, 1.165) is 0 Å². The van der Waals surface area contributed by atoms with E-state index in [1.165, 1.54) is 11.0 Å². The van der Waals surface area contributed by atoms with Gasteiger partial charge in [0.2, 0.25) is 0 Å². The molecule has 1 amide bonds. The van der Waals surface area contributed by atoms with Crippen molar-refractivity contribution in [3.63, 3.8) is 0 Å². The van der Waals surface area contributed by atoms with Crippen molar-refractivity contribution in [1.29, 1.82) is 5.41 Å². The van der Waals surface area contributed by atoms with E-state index in [0.29, 0.717) is 23.7 Å². The van der Waals surface area contributed by atoms with Crippen LogP contribution >= 0.6 is 11.6 Å². The molecule has 1 aromatic carbocycles. The lowest BCUT2D eigenvalue weighted by atomic mass is 10.1. The van der Waals surface area contributed by atoms with Gasteiger partial charge in [0, 0.05) is 25.6 Å². The molecule has 0 fully saturated rings. The number of para-hydroxylation sites is 1. The third kappa shape index (κ3) is 7.34. The summed E-state index contributed by atoms with van der Waals surface area (Å²) in [4.78, 5) is 22.2. The maximum atomic E-state index is 12.2. The topological polar surface area (TPSA) is 88.4 Å². The molecule has 2 aromatic rings. The van der Waals surface area contributed by atoms with Crippen LogP contribution in [0.25, 0.3) is 0 Å². The van der Waals surface area contributed by atoms with Crippen LogP contribution in [-0.2, 0) is 11.3 Å². The molecule has 0 aliphatic heterocycles. The summed E-state index contributed by atoms with van der Waals surface area (Å²) in [6.07, 6.45) is -0.141. The summed E-state index contributed by atoms with van der Waals surface area (Å²) in [6.45, 7) is 7.42. The van der Waals surface area contributed by atoms with Gasteiger partial charge in [0.1, 0.15) is 23.1 Å². The Labute approximate surface area is 176 Å². The molecular formula is C21H27ClN4O3. The molecular weight excluding hydrogens is 392 g/mol. The minimum atomic E-state index is -0.577. The van der Waals surface area contributed by atoms with E-state index < -0.39 is 11.7 Å². The maximum absolute atomic E-state index is 12.2. The standard InChI is InChI=1S/C21H27ClN4O3/c1-14(26(5)20(27)29-21(2,3)4)11-16(23)17-12-18(22)25-19(24-17)13-28-15-9-7-6-8-10-15/h6-10,12,14,23H,11,13H2,1-5H3/t14-/m1/s1. The minimum absolute atomic E-state index is 0.137. The Bertz CT molecular complexity index is 853. The number of amides is 1. The molecule has 1 heterocycles. The van der Waals surface area contributed by atoms with Gasteiger partial charge in [0.05, 0.1) is 11.4 Å². The highest BCUT2D eigenvalue weighted by atomic mass is 35.5. The van der Waals surface area contributed by atoms with Crippen molar-refractivity contribution < 1.29 is 14.3 Å². The third-order valence-electron chi connectivity index (χ3n) is 4.00. The van der Waals surface area contributed by atoms with E-state index >= 15 is 0 Å². The number of halogens is 1. The first kappa shape index (κ1) is 22.6. The van der Waals surface area contributed by atoms with Crippen LogP contribution in [0.5, 0.6) is 5.75 Å². The average molecular weight is 419 g/mol. The summed E-state index contributed by atoms with van der Waals surface area (Å²) in [5, 5.41) is 8.63. The Hall–Kier alpha value is -2.67. The fourth-order valence-corrected chi connectivity index (χ4v) is 2.60.